The zero-order chi connectivity index (χ0) is 20.1. The van der Waals surface area contributed by atoms with Gasteiger partial charge in [-0.25, -0.2) is 4.98 Å². The van der Waals surface area contributed by atoms with E-state index in [2.05, 4.69) is 27.3 Å². The van der Waals surface area contributed by atoms with Crippen LogP contribution < -0.4 is 10.1 Å². The monoisotopic (exact) mass is 407 g/mol. The van der Waals surface area contributed by atoms with Crippen LogP contribution >= 0.6 is 11.3 Å². The van der Waals surface area contributed by atoms with E-state index in [-0.39, 0.29) is 11.9 Å². The van der Waals surface area contributed by atoms with Gasteiger partial charge in [0.25, 0.3) is 0 Å². The van der Waals surface area contributed by atoms with Gasteiger partial charge in [0.1, 0.15) is 16.8 Å². The molecule has 2 aromatic carbocycles. The number of benzene rings is 2. The second-order valence-electron chi connectivity index (χ2n) is 7.11. The lowest BCUT2D eigenvalue weighted by atomic mass is 9.99. The molecule has 2 heterocycles. The fourth-order valence-corrected chi connectivity index (χ4v) is 4.42. The summed E-state index contributed by atoms with van der Waals surface area (Å²) >= 11 is 1.56. The molecule has 5 nitrogen and oxygen atoms in total. The van der Waals surface area contributed by atoms with Crippen molar-refractivity contribution in [2.45, 2.75) is 25.9 Å². The number of fused-ring (bicyclic) bond motifs is 1. The van der Waals surface area contributed by atoms with Crippen LogP contribution in [0.2, 0.25) is 0 Å². The number of nitrogens with one attached hydrogen (secondary N) is 1. The van der Waals surface area contributed by atoms with Crippen LogP contribution in [0.4, 0.5) is 0 Å². The maximum absolute atomic E-state index is 12.9. The van der Waals surface area contributed by atoms with Gasteiger partial charge in [0.15, 0.2) is 0 Å². The van der Waals surface area contributed by atoms with Crippen LogP contribution in [0.25, 0.3) is 0 Å². The van der Waals surface area contributed by atoms with Gasteiger partial charge < -0.3 is 10.1 Å². The molecule has 29 heavy (non-hydrogen) atoms. The summed E-state index contributed by atoms with van der Waals surface area (Å²) in [6.07, 6.45) is 2.73. The van der Waals surface area contributed by atoms with Gasteiger partial charge in [-0.15, -0.1) is 11.3 Å². The second kappa shape index (κ2) is 9.20. The summed E-state index contributed by atoms with van der Waals surface area (Å²) < 4.78 is 5.63. The summed E-state index contributed by atoms with van der Waals surface area (Å²) in [4.78, 5) is 19.5. The zero-order valence-electron chi connectivity index (χ0n) is 16.5. The van der Waals surface area contributed by atoms with E-state index in [1.54, 1.807) is 17.5 Å². The van der Waals surface area contributed by atoms with E-state index in [0.717, 1.165) is 35.8 Å². The van der Waals surface area contributed by atoms with Crippen LogP contribution in [-0.4, -0.2) is 35.5 Å². The van der Waals surface area contributed by atoms with Gasteiger partial charge in [-0.1, -0.05) is 36.4 Å². The number of amides is 1. The lowest BCUT2D eigenvalue weighted by Gasteiger charge is -2.29. The molecule has 6 heteroatoms. The summed E-state index contributed by atoms with van der Waals surface area (Å²) in [5.41, 5.74) is 3.63. The van der Waals surface area contributed by atoms with Crippen LogP contribution in [0, 0.1) is 0 Å². The predicted octanol–water partition coefficient (Wildman–Crippen LogP) is 3.81. The Balaban J connectivity index is 1.43. The molecule has 1 unspecified atom stereocenters. The van der Waals surface area contributed by atoms with E-state index in [1.165, 1.54) is 11.1 Å². The van der Waals surface area contributed by atoms with E-state index in [9.17, 15) is 4.79 Å². The first-order valence-electron chi connectivity index (χ1n) is 9.93. The van der Waals surface area contributed by atoms with Crippen molar-refractivity contribution in [2.24, 2.45) is 0 Å². The molecule has 0 bridgehead atoms. The number of hydrogen-bond acceptors (Lipinski definition) is 5. The van der Waals surface area contributed by atoms with E-state index in [0.29, 0.717) is 13.2 Å². The van der Waals surface area contributed by atoms with Gasteiger partial charge in [0, 0.05) is 24.7 Å². The molecular weight excluding hydrogens is 382 g/mol. The number of aromatic nitrogens is 1. The minimum atomic E-state index is -0.217. The number of rotatable bonds is 7. The average Bonchev–Trinajstić information content (AvgIpc) is 3.27. The molecule has 0 saturated heterocycles. The van der Waals surface area contributed by atoms with Crippen molar-refractivity contribution in [3.8, 4) is 5.75 Å². The molecule has 4 rings (SSSR count). The molecule has 1 atom stereocenters. The highest BCUT2D eigenvalue weighted by molar-refractivity contribution is 7.09. The van der Waals surface area contributed by atoms with Crippen molar-refractivity contribution in [1.82, 2.24) is 15.2 Å². The highest BCUT2D eigenvalue weighted by atomic mass is 32.1. The van der Waals surface area contributed by atoms with Gasteiger partial charge in [0.2, 0.25) is 5.91 Å². The highest BCUT2D eigenvalue weighted by Gasteiger charge is 2.23. The van der Waals surface area contributed by atoms with Gasteiger partial charge in [0.05, 0.1) is 13.2 Å². The van der Waals surface area contributed by atoms with E-state index < -0.39 is 0 Å². The maximum Gasteiger partial charge on any atom is 0.235 e. The second-order valence-corrected chi connectivity index (χ2v) is 8.03. The molecule has 1 amide bonds. The molecule has 1 N–H and O–H groups in total. The van der Waals surface area contributed by atoms with Crippen LogP contribution in [0.1, 0.15) is 34.7 Å². The Kier molecular flexibility index (Phi) is 6.22. The minimum absolute atomic E-state index is 0.0125. The number of hydrogen-bond donors (Lipinski definition) is 1. The largest absolute Gasteiger partial charge is 0.494 e. The summed E-state index contributed by atoms with van der Waals surface area (Å²) in [5.74, 6) is 0.906. The van der Waals surface area contributed by atoms with E-state index in [4.69, 9.17) is 4.74 Å². The van der Waals surface area contributed by atoms with Crippen LogP contribution in [0.3, 0.4) is 0 Å². The van der Waals surface area contributed by atoms with Crippen LogP contribution in [-0.2, 0) is 17.8 Å². The minimum Gasteiger partial charge on any atom is -0.494 e. The summed E-state index contributed by atoms with van der Waals surface area (Å²) in [5, 5.41) is 6.02. The van der Waals surface area contributed by atoms with Gasteiger partial charge in [-0.05, 0) is 42.2 Å². The van der Waals surface area contributed by atoms with E-state index >= 15 is 0 Å². The molecule has 0 aliphatic carbocycles. The first-order chi connectivity index (χ1) is 14.2. The lowest BCUT2D eigenvalue weighted by molar-refractivity contribution is -0.123. The van der Waals surface area contributed by atoms with Crippen molar-refractivity contribution in [3.63, 3.8) is 0 Å². The normalized spacial score (nSPS) is 14.8. The third-order valence-corrected chi connectivity index (χ3v) is 5.92. The molecule has 0 saturated carbocycles. The topological polar surface area (TPSA) is 54.5 Å². The number of carbonyl (C=O) groups excluding carboxylic acids is 1. The highest BCUT2D eigenvalue weighted by Crippen LogP contribution is 2.25. The quantitative estimate of drug-likeness (QED) is 0.647. The molecule has 0 spiro atoms. The summed E-state index contributed by atoms with van der Waals surface area (Å²) in [6.45, 7) is 4.65. The lowest BCUT2D eigenvalue weighted by Crippen LogP contribution is -2.41. The van der Waals surface area contributed by atoms with Crippen molar-refractivity contribution < 1.29 is 9.53 Å². The van der Waals surface area contributed by atoms with Crippen molar-refractivity contribution in [2.75, 3.05) is 19.7 Å². The number of nitrogens with zero attached hydrogens (tertiary/aromatic N) is 2. The molecule has 3 aromatic rings. The van der Waals surface area contributed by atoms with Crippen molar-refractivity contribution >= 4 is 17.2 Å². The molecule has 1 aliphatic rings. The predicted molar refractivity (Wildman–Crippen MR) is 115 cm³/mol. The number of carbonyl (C=O) groups is 1. The Morgan fingerprint density at radius 1 is 1.24 bits per heavy atom. The van der Waals surface area contributed by atoms with Gasteiger partial charge >= 0.3 is 0 Å². The van der Waals surface area contributed by atoms with Crippen LogP contribution in [0.5, 0.6) is 5.75 Å². The Hall–Kier alpha value is -2.70. The van der Waals surface area contributed by atoms with Crippen molar-refractivity contribution in [3.05, 3.63) is 81.8 Å². The van der Waals surface area contributed by atoms with Gasteiger partial charge in [-0.2, -0.15) is 0 Å². The Labute approximate surface area is 175 Å². The zero-order valence-corrected chi connectivity index (χ0v) is 17.3. The average molecular weight is 408 g/mol. The molecule has 1 aliphatic heterocycles. The number of thiazole rings is 1. The Morgan fingerprint density at radius 2 is 2.10 bits per heavy atom. The fourth-order valence-electron chi connectivity index (χ4n) is 3.70. The van der Waals surface area contributed by atoms with Gasteiger partial charge in [-0.3, -0.25) is 9.69 Å². The molecule has 150 valence electrons. The van der Waals surface area contributed by atoms with Crippen LogP contribution in [0.15, 0.2) is 60.1 Å². The molecule has 0 fully saturated rings. The first kappa shape index (κ1) is 19.6. The molecular formula is C23H25N3O2S. The SMILES string of the molecule is CCOc1ccc2c(c1)CN(CC(=O)NC(c1ccccc1)c1nccs1)CC2. The van der Waals surface area contributed by atoms with Crippen molar-refractivity contribution in [1.29, 1.82) is 0 Å². The molecule has 0 radical (unpaired) electrons. The smallest absolute Gasteiger partial charge is 0.235 e. The summed E-state index contributed by atoms with van der Waals surface area (Å²) in [6, 6.07) is 16.1. The number of ether oxygens (including phenoxy) is 1. The Bertz CT molecular complexity index is 944. The standard InChI is InChI=1S/C23H25N3O2S/c1-2-28-20-9-8-17-10-12-26(15-19(17)14-20)16-21(27)25-22(23-24-11-13-29-23)18-6-4-3-5-7-18/h3-9,11,13-14,22H,2,10,12,15-16H2,1H3,(H,25,27). The summed E-state index contributed by atoms with van der Waals surface area (Å²) in [7, 11) is 0. The van der Waals surface area contributed by atoms with E-state index in [1.807, 2.05) is 48.7 Å². The Morgan fingerprint density at radius 3 is 2.86 bits per heavy atom. The third-order valence-electron chi connectivity index (χ3n) is 5.08. The molecule has 1 aromatic heterocycles. The first-order valence-corrected chi connectivity index (χ1v) is 10.8. The maximum atomic E-state index is 12.9. The fraction of sp³-hybridized carbons (Fsp3) is 0.304. The third kappa shape index (κ3) is 4.83.